The van der Waals surface area contributed by atoms with Crippen LogP contribution in [0.2, 0.25) is 0 Å². The van der Waals surface area contributed by atoms with Crippen LogP contribution in [0.25, 0.3) is 0 Å². The fourth-order valence-corrected chi connectivity index (χ4v) is 3.40. The number of hydrogen-bond donors (Lipinski definition) is 1. The monoisotopic (exact) mass is 317 g/mol. The first-order chi connectivity index (χ1) is 9.91. The number of hydrogen-bond acceptors (Lipinski definition) is 5. The van der Waals surface area contributed by atoms with Crippen LogP contribution in [-0.2, 0) is 16.6 Å². The first-order valence-electron chi connectivity index (χ1n) is 7.36. The van der Waals surface area contributed by atoms with Crippen LogP contribution < -0.4 is 5.32 Å². The molecule has 1 N–H and O–H groups in total. The van der Waals surface area contributed by atoms with Crippen molar-refractivity contribution in [2.24, 2.45) is 0 Å². The minimum absolute atomic E-state index is 0.0297. The molecule has 0 aliphatic carbocycles. The Morgan fingerprint density at radius 2 is 1.90 bits per heavy atom. The maximum absolute atomic E-state index is 12.5. The summed E-state index contributed by atoms with van der Waals surface area (Å²) < 4.78 is 32.0. The Morgan fingerprint density at radius 1 is 1.19 bits per heavy atom. The molecular formula is C14H27N3O3S. The van der Waals surface area contributed by atoms with Crippen molar-refractivity contribution in [2.45, 2.75) is 31.9 Å². The van der Waals surface area contributed by atoms with E-state index in [2.05, 4.69) is 5.32 Å². The van der Waals surface area contributed by atoms with E-state index < -0.39 is 10.0 Å². The third kappa shape index (κ3) is 5.43. The lowest BCUT2D eigenvalue weighted by molar-refractivity contribution is 0.341. The van der Waals surface area contributed by atoms with Gasteiger partial charge in [0, 0.05) is 13.1 Å². The zero-order valence-electron chi connectivity index (χ0n) is 13.4. The average Bonchev–Trinajstić information content (AvgIpc) is 2.90. The van der Waals surface area contributed by atoms with Crippen molar-refractivity contribution in [3.8, 4) is 0 Å². The fourth-order valence-electron chi connectivity index (χ4n) is 1.98. The largest absolute Gasteiger partial charge is 0.447 e. The van der Waals surface area contributed by atoms with Crippen molar-refractivity contribution >= 4 is 10.0 Å². The van der Waals surface area contributed by atoms with E-state index in [1.54, 1.807) is 6.07 Å². The molecule has 122 valence electrons. The van der Waals surface area contributed by atoms with E-state index in [1.807, 2.05) is 32.8 Å². The average molecular weight is 317 g/mol. The van der Waals surface area contributed by atoms with E-state index >= 15 is 0 Å². The van der Waals surface area contributed by atoms with Crippen LogP contribution in [0.3, 0.4) is 0 Å². The van der Waals surface area contributed by atoms with Gasteiger partial charge in [-0.3, -0.25) is 0 Å². The second kappa shape index (κ2) is 8.53. The molecule has 21 heavy (non-hydrogen) atoms. The van der Waals surface area contributed by atoms with Crippen molar-refractivity contribution < 1.29 is 12.8 Å². The van der Waals surface area contributed by atoms with Crippen LogP contribution in [-0.4, -0.2) is 57.9 Å². The molecule has 0 saturated carbocycles. The van der Waals surface area contributed by atoms with E-state index in [0.29, 0.717) is 25.4 Å². The first-order valence-corrected chi connectivity index (χ1v) is 8.80. The number of nitrogens with zero attached hydrogens (tertiary/aromatic N) is 2. The lowest BCUT2D eigenvalue weighted by atomic mass is 10.4. The summed E-state index contributed by atoms with van der Waals surface area (Å²) in [6.07, 6.45) is 0.797. The molecular weight excluding hydrogens is 290 g/mol. The van der Waals surface area contributed by atoms with Gasteiger partial charge in [-0.25, -0.2) is 8.42 Å². The number of nitrogens with one attached hydrogen (secondary N) is 1. The topological polar surface area (TPSA) is 65.8 Å². The zero-order chi connectivity index (χ0) is 15.9. The summed E-state index contributed by atoms with van der Waals surface area (Å²) in [5.41, 5.74) is 0. The highest BCUT2D eigenvalue weighted by molar-refractivity contribution is 7.89. The number of sulfonamides is 1. The molecule has 0 bridgehead atoms. The van der Waals surface area contributed by atoms with Gasteiger partial charge in [-0.1, -0.05) is 13.8 Å². The highest BCUT2D eigenvalue weighted by atomic mass is 32.2. The molecule has 0 spiro atoms. The maximum Gasteiger partial charge on any atom is 0.276 e. The maximum atomic E-state index is 12.5. The number of rotatable bonds is 10. The van der Waals surface area contributed by atoms with Crippen molar-refractivity contribution in [2.75, 3.05) is 40.3 Å². The smallest absolute Gasteiger partial charge is 0.276 e. The van der Waals surface area contributed by atoms with Crippen LogP contribution in [0, 0.1) is 0 Å². The van der Waals surface area contributed by atoms with Crippen LogP contribution in [0.15, 0.2) is 21.6 Å². The molecule has 0 aliphatic rings. The van der Waals surface area contributed by atoms with Gasteiger partial charge < -0.3 is 14.6 Å². The van der Waals surface area contributed by atoms with Gasteiger partial charge in [0.2, 0.25) is 5.09 Å². The third-order valence-electron chi connectivity index (χ3n) is 3.15. The van der Waals surface area contributed by atoms with E-state index in [9.17, 15) is 8.42 Å². The molecule has 0 fully saturated rings. The fraction of sp³-hybridized carbons (Fsp3) is 0.714. The summed E-state index contributed by atoms with van der Waals surface area (Å²) >= 11 is 0. The zero-order valence-corrected chi connectivity index (χ0v) is 14.2. The van der Waals surface area contributed by atoms with Crippen molar-refractivity contribution in [1.82, 2.24) is 14.5 Å². The standard InChI is InChI=1S/C14H27N3O3S/c1-5-15-12-13-8-9-14(20-13)21(18,19)17(6-2)11-7-10-16(3)4/h8-9,15H,5-7,10-12H2,1-4H3. The SMILES string of the molecule is CCNCc1ccc(S(=O)(=O)N(CC)CCCN(C)C)o1. The first kappa shape index (κ1) is 18.2. The molecule has 0 saturated heterocycles. The Kier molecular flexibility index (Phi) is 7.37. The van der Waals surface area contributed by atoms with Gasteiger partial charge >= 0.3 is 0 Å². The normalized spacial score (nSPS) is 12.5. The summed E-state index contributed by atoms with van der Waals surface area (Å²) in [5.74, 6) is 0.639. The lowest BCUT2D eigenvalue weighted by Gasteiger charge is -2.20. The summed E-state index contributed by atoms with van der Waals surface area (Å²) in [6, 6.07) is 3.25. The molecule has 1 heterocycles. The third-order valence-corrected chi connectivity index (χ3v) is 4.99. The molecule has 1 rings (SSSR count). The Hall–Kier alpha value is -0.890. The Bertz CT molecular complexity index is 511. The van der Waals surface area contributed by atoms with Gasteiger partial charge in [0.15, 0.2) is 0 Å². The Balaban J connectivity index is 2.74. The van der Waals surface area contributed by atoms with Gasteiger partial charge in [-0.15, -0.1) is 0 Å². The molecule has 0 amide bonds. The minimum Gasteiger partial charge on any atom is -0.447 e. The van der Waals surface area contributed by atoms with Crippen molar-refractivity contribution in [3.63, 3.8) is 0 Å². The molecule has 1 aromatic heterocycles. The van der Waals surface area contributed by atoms with Gasteiger partial charge in [0.25, 0.3) is 10.0 Å². The molecule has 7 heteroatoms. The molecule has 0 radical (unpaired) electrons. The molecule has 6 nitrogen and oxygen atoms in total. The molecule has 0 atom stereocenters. The summed E-state index contributed by atoms with van der Waals surface area (Å²) in [6.45, 7) is 6.99. The highest BCUT2D eigenvalue weighted by Gasteiger charge is 2.26. The summed E-state index contributed by atoms with van der Waals surface area (Å²) in [7, 11) is 0.420. The van der Waals surface area contributed by atoms with E-state index in [1.165, 1.54) is 10.4 Å². The van der Waals surface area contributed by atoms with Crippen LogP contribution >= 0.6 is 0 Å². The Labute approximate surface area is 128 Å². The molecule has 1 aromatic rings. The second-order valence-corrected chi connectivity index (χ2v) is 7.02. The second-order valence-electron chi connectivity index (χ2n) is 5.15. The van der Waals surface area contributed by atoms with E-state index in [0.717, 1.165) is 19.5 Å². The van der Waals surface area contributed by atoms with Gasteiger partial charge in [-0.05, 0) is 45.7 Å². The number of furan rings is 1. The highest BCUT2D eigenvalue weighted by Crippen LogP contribution is 2.19. The predicted octanol–water partition coefficient (Wildman–Crippen LogP) is 1.35. The van der Waals surface area contributed by atoms with Crippen molar-refractivity contribution in [1.29, 1.82) is 0 Å². The minimum atomic E-state index is -3.53. The lowest BCUT2D eigenvalue weighted by Crippen LogP contribution is -2.33. The van der Waals surface area contributed by atoms with Gasteiger partial charge in [0.05, 0.1) is 6.54 Å². The molecule has 0 aromatic carbocycles. The summed E-state index contributed by atoms with van der Waals surface area (Å²) in [5, 5.41) is 3.14. The molecule has 0 aliphatic heterocycles. The van der Waals surface area contributed by atoms with Gasteiger partial charge in [-0.2, -0.15) is 4.31 Å². The quantitative estimate of drug-likeness (QED) is 0.706. The molecule has 0 unspecified atom stereocenters. The van der Waals surface area contributed by atoms with Crippen LogP contribution in [0.1, 0.15) is 26.0 Å². The van der Waals surface area contributed by atoms with Crippen LogP contribution in [0.5, 0.6) is 0 Å². The van der Waals surface area contributed by atoms with E-state index in [4.69, 9.17) is 4.42 Å². The van der Waals surface area contributed by atoms with Crippen molar-refractivity contribution in [3.05, 3.63) is 17.9 Å². The van der Waals surface area contributed by atoms with Crippen LogP contribution in [0.4, 0.5) is 0 Å². The van der Waals surface area contributed by atoms with E-state index in [-0.39, 0.29) is 5.09 Å². The van der Waals surface area contributed by atoms with Gasteiger partial charge in [0.1, 0.15) is 5.76 Å². The Morgan fingerprint density at radius 3 is 2.48 bits per heavy atom. The predicted molar refractivity (Wildman–Crippen MR) is 83.7 cm³/mol. The summed E-state index contributed by atoms with van der Waals surface area (Å²) in [4.78, 5) is 2.04.